The Labute approximate surface area is 141 Å². The number of benzene rings is 2. The van der Waals surface area contributed by atoms with E-state index in [0.717, 1.165) is 5.69 Å². The zero-order valence-electron chi connectivity index (χ0n) is 12.8. The number of hydrogen-bond acceptors (Lipinski definition) is 8. The molecular formula is C16H12FN7O. The second kappa shape index (κ2) is 6.40. The summed E-state index contributed by atoms with van der Waals surface area (Å²) in [6.07, 6.45) is 0. The van der Waals surface area contributed by atoms with Crippen molar-refractivity contribution in [1.82, 2.24) is 20.3 Å². The molecule has 0 aliphatic rings. The highest BCUT2D eigenvalue weighted by atomic mass is 19.1. The van der Waals surface area contributed by atoms with Gasteiger partial charge in [0.05, 0.1) is 5.69 Å². The fourth-order valence-corrected chi connectivity index (χ4v) is 2.14. The molecule has 0 unspecified atom stereocenters. The van der Waals surface area contributed by atoms with Crippen LogP contribution in [0.15, 0.2) is 59.2 Å². The first-order valence-corrected chi connectivity index (χ1v) is 7.38. The number of nitrogens with zero attached hydrogens (tertiary/aromatic N) is 4. The van der Waals surface area contributed by atoms with Gasteiger partial charge in [0, 0.05) is 5.69 Å². The topological polar surface area (TPSA) is 101 Å². The smallest absolute Gasteiger partial charge is 0.245 e. The van der Waals surface area contributed by atoms with Crippen LogP contribution in [0.5, 0.6) is 0 Å². The number of hydrazine groups is 1. The van der Waals surface area contributed by atoms with E-state index >= 15 is 0 Å². The number of halogens is 1. The van der Waals surface area contributed by atoms with Crippen LogP contribution in [0, 0.1) is 5.82 Å². The third-order valence-electron chi connectivity index (χ3n) is 3.32. The van der Waals surface area contributed by atoms with E-state index in [9.17, 15) is 4.39 Å². The summed E-state index contributed by atoms with van der Waals surface area (Å²) in [6.45, 7) is 0. The summed E-state index contributed by atoms with van der Waals surface area (Å²) in [4.78, 5) is 8.65. The molecule has 0 saturated carbocycles. The minimum absolute atomic E-state index is 0.259. The van der Waals surface area contributed by atoms with Crippen molar-refractivity contribution < 1.29 is 9.02 Å². The standard InChI is InChI=1S/C16H12FN7O/c17-10-6-8-11(9-7-10)18-13-14(20-16-15(19-13)23-25-24-16)22-21-12-4-2-1-3-5-12/h1-9,21H,(H,18,19,23)(H,20,22,24). The van der Waals surface area contributed by atoms with Crippen LogP contribution in [0.25, 0.3) is 11.3 Å². The van der Waals surface area contributed by atoms with Gasteiger partial charge in [-0.2, -0.15) is 4.98 Å². The van der Waals surface area contributed by atoms with Crippen molar-refractivity contribution in [2.24, 2.45) is 0 Å². The lowest BCUT2D eigenvalue weighted by Crippen LogP contribution is -2.13. The Morgan fingerprint density at radius 1 is 0.720 bits per heavy atom. The summed E-state index contributed by atoms with van der Waals surface area (Å²) in [5.41, 5.74) is 8.01. The number of fused-ring (bicyclic) bond motifs is 1. The van der Waals surface area contributed by atoms with Crippen LogP contribution in [0.1, 0.15) is 0 Å². The molecule has 0 aliphatic heterocycles. The van der Waals surface area contributed by atoms with Crippen molar-refractivity contribution in [3.8, 4) is 0 Å². The molecule has 0 aliphatic carbocycles. The van der Waals surface area contributed by atoms with Gasteiger partial charge >= 0.3 is 0 Å². The van der Waals surface area contributed by atoms with Gasteiger partial charge in [-0.3, -0.25) is 10.9 Å². The Hall–Kier alpha value is -3.75. The zero-order valence-corrected chi connectivity index (χ0v) is 12.8. The highest BCUT2D eigenvalue weighted by Crippen LogP contribution is 2.24. The quantitative estimate of drug-likeness (QED) is 0.477. The second-order valence-corrected chi connectivity index (χ2v) is 5.08. The maximum atomic E-state index is 13.1. The Balaban J connectivity index is 1.64. The number of anilines is 4. The van der Waals surface area contributed by atoms with Gasteiger partial charge in [-0.1, -0.05) is 18.2 Å². The SMILES string of the molecule is Fc1ccc(Nc2nc3nonc3nc2NNc2ccccc2)cc1. The van der Waals surface area contributed by atoms with Gasteiger partial charge < -0.3 is 5.32 Å². The Morgan fingerprint density at radius 3 is 2.12 bits per heavy atom. The average molecular weight is 337 g/mol. The number of para-hydroxylation sites is 1. The second-order valence-electron chi connectivity index (χ2n) is 5.08. The highest BCUT2D eigenvalue weighted by molar-refractivity contribution is 5.77. The van der Waals surface area contributed by atoms with Crippen LogP contribution in [-0.4, -0.2) is 20.3 Å². The molecule has 2 aromatic carbocycles. The molecule has 8 nitrogen and oxygen atoms in total. The molecule has 0 spiro atoms. The average Bonchev–Trinajstić information content (AvgIpc) is 3.10. The van der Waals surface area contributed by atoms with Crippen LogP contribution in [-0.2, 0) is 0 Å². The summed E-state index contributed by atoms with van der Waals surface area (Å²) in [7, 11) is 0. The molecule has 0 amide bonds. The summed E-state index contributed by atoms with van der Waals surface area (Å²) in [6, 6.07) is 15.4. The van der Waals surface area contributed by atoms with E-state index in [2.05, 4.69) is 41.1 Å². The van der Waals surface area contributed by atoms with Crippen LogP contribution < -0.4 is 16.2 Å². The van der Waals surface area contributed by atoms with Crippen LogP contribution in [0.3, 0.4) is 0 Å². The molecule has 0 fully saturated rings. The van der Waals surface area contributed by atoms with Crippen molar-refractivity contribution in [3.05, 3.63) is 60.4 Å². The summed E-state index contributed by atoms with van der Waals surface area (Å²) in [5, 5.41) is 10.4. The highest BCUT2D eigenvalue weighted by Gasteiger charge is 2.13. The van der Waals surface area contributed by atoms with Gasteiger partial charge in [0.1, 0.15) is 5.82 Å². The normalized spacial score (nSPS) is 10.6. The molecular weight excluding hydrogens is 325 g/mol. The molecule has 124 valence electrons. The predicted molar refractivity (Wildman–Crippen MR) is 90.8 cm³/mol. The minimum Gasteiger partial charge on any atom is -0.337 e. The van der Waals surface area contributed by atoms with Gasteiger partial charge in [-0.25, -0.2) is 14.0 Å². The number of aromatic nitrogens is 4. The minimum atomic E-state index is -0.322. The van der Waals surface area contributed by atoms with E-state index in [1.165, 1.54) is 12.1 Å². The van der Waals surface area contributed by atoms with Gasteiger partial charge in [-0.15, -0.1) is 0 Å². The molecule has 0 radical (unpaired) electrons. The molecule has 4 rings (SSSR count). The van der Waals surface area contributed by atoms with Crippen molar-refractivity contribution in [2.75, 3.05) is 16.2 Å². The lowest BCUT2D eigenvalue weighted by atomic mass is 10.3. The fraction of sp³-hybridized carbons (Fsp3) is 0. The van der Waals surface area contributed by atoms with Gasteiger partial charge in [0.15, 0.2) is 11.6 Å². The Bertz CT molecular complexity index is 988. The Kier molecular flexibility index (Phi) is 3.79. The molecule has 2 heterocycles. The number of hydrogen-bond donors (Lipinski definition) is 3. The van der Waals surface area contributed by atoms with E-state index in [0.29, 0.717) is 17.3 Å². The Morgan fingerprint density at radius 2 is 1.40 bits per heavy atom. The lowest BCUT2D eigenvalue weighted by molar-refractivity contribution is 0.314. The molecule has 0 atom stereocenters. The molecule has 0 bridgehead atoms. The van der Waals surface area contributed by atoms with Crippen molar-refractivity contribution in [3.63, 3.8) is 0 Å². The number of nitrogens with one attached hydrogen (secondary N) is 3. The van der Waals surface area contributed by atoms with Crippen molar-refractivity contribution >= 4 is 34.3 Å². The van der Waals surface area contributed by atoms with E-state index in [4.69, 9.17) is 0 Å². The summed E-state index contributed by atoms with van der Waals surface area (Å²) >= 11 is 0. The third kappa shape index (κ3) is 3.29. The van der Waals surface area contributed by atoms with Gasteiger partial charge in [0.25, 0.3) is 0 Å². The first kappa shape index (κ1) is 14.8. The van der Waals surface area contributed by atoms with Gasteiger partial charge in [0.2, 0.25) is 11.3 Å². The van der Waals surface area contributed by atoms with E-state index in [-0.39, 0.29) is 17.1 Å². The molecule has 9 heteroatoms. The van der Waals surface area contributed by atoms with E-state index in [1.54, 1.807) is 12.1 Å². The summed E-state index contributed by atoms with van der Waals surface area (Å²) < 4.78 is 17.7. The van der Waals surface area contributed by atoms with Crippen LogP contribution >= 0.6 is 0 Å². The van der Waals surface area contributed by atoms with Crippen LogP contribution in [0.4, 0.5) is 27.4 Å². The molecule has 4 aromatic rings. The van der Waals surface area contributed by atoms with Crippen molar-refractivity contribution in [1.29, 1.82) is 0 Å². The molecule has 25 heavy (non-hydrogen) atoms. The van der Waals surface area contributed by atoms with E-state index in [1.807, 2.05) is 30.3 Å². The predicted octanol–water partition coefficient (Wildman–Crippen LogP) is 3.33. The number of rotatable bonds is 5. The van der Waals surface area contributed by atoms with Crippen molar-refractivity contribution in [2.45, 2.75) is 0 Å². The summed E-state index contributed by atoms with van der Waals surface area (Å²) in [5.74, 6) is 0.450. The van der Waals surface area contributed by atoms with E-state index < -0.39 is 0 Å². The first-order chi connectivity index (χ1) is 12.3. The van der Waals surface area contributed by atoms with Gasteiger partial charge in [-0.05, 0) is 46.7 Å². The first-order valence-electron chi connectivity index (χ1n) is 7.38. The van der Waals surface area contributed by atoms with Crippen LogP contribution in [0.2, 0.25) is 0 Å². The third-order valence-corrected chi connectivity index (χ3v) is 3.32. The maximum Gasteiger partial charge on any atom is 0.245 e. The largest absolute Gasteiger partial charge is 0.337 e. The lowest BCUT2D eigenvalue weighted by Gasteiger charge is -2.13. The molecule has 0 saturated heterocycles. The molecule has 2 aromatic heterocycles. The fourth-order valence-electron chi connectivity index (χ4n) is 2.14. The molecule has 3 N–H and O–H groups in total. The maximum absolute atomic E-state index is 13.1. The zero-order chi connectivity index (χ0) is 17.1. The monoisotopic (exact) mass is 337 g/mol.